The Morgan fingerprint density at radius 1 is 1.06 bits per heavy atom. The Hall–Kier alpha value is -3.69. The maximum atomic E-state index is 13.5. The van der Waals surface area contributed by atoms with Crippen molar-refractivity contribution < 1.29 is 13.5 Å². The van der Waals surface area contributed by atoms with Crippen molar-refractivity contribution in [2.24, 2.45) is 0 Å². The highest BCUT2D eigenvalue weighted by atomic mass is 32.2. The SMILES string of the molecule is Cc1ccc2c(c1)S(=O)(=O)C=C(c1c(O)c(-c3ccc(C)s3)nn(Cc3ccccc3)c1=O)N2. The number of thiophene rings is 1. The van der Waals surface area contributed by atoms with Crippen LogP contribution in [0.2, 0.25) is 0 Å². The van der Waals surface area contributed by atoms with E-state index in [4.69, 9.17) is 0 Å². The summed E-state index contributed by atoms with van der Waals surface area (Å²) >= 11 is 1.43. The van der Waals surface area contributed by atoms with Gasteiger partial charge in [0.15, 0.2) is 5.75 Å². The fraction of sp³-hybridized carbons (Fsp3) is 0.120. The summed E-state index contributed by atoms with van der Waals surface area (Å²) in [7, 11) is -3.84. The third-order valence-corrected chi connectivity index (χ3v) is 8.04. The molecule has 0 saturated carbocycles. The molecule has 0 spiro atoms. The molecule has 0 bridgehead atoms. The number of hydrogen-bond acceptors (Lipinski definition) is 7. The summed E-state index contributed by atoms with van der Waals surface area (Å²) in [5, 5.41) is 19.7. The Bertz CT molecular complexity index is 1620. The lowest BCUT2D eigenvalue weighted by atomic mass is 10.1. The zero-order valence-corrected chi connectivity index (χ0v) is 20.1. The number of anilines is 1. The van der Waals surface area contributed by atoms with Gasteiger partial charge in [-0.1, -0.05) is 36.4 Å². The molecule has 0 aliphatic carbocycles. The van der Waals surface area contributed by atoms with Gasteiger partial charge >= 0.3 is 0 Å². The molecule has 7 nitrogen and oxygen atoms in total. The highest BCUT2D eigenvalue weighted by molar-refractivity contribution is 7.94. The summed E-state index contributed by atoms with van der Waals surface area (Å²) < 4.78 is 27.3. The van der Waals surface area contributed by atoms with Crippen molar-refractivity contribution in [1.82, 2.24) is 9.78 Å². The monoisotopic (exact) mass is 491 g/mol. The molecule has 2 N–H and O–H groups in total. The Kier molecular flexibility index (Phi) is 5.38. The number of aromatic nitrogens is 2. The number of benzene rings is 2. The van der Waals surface area contributed by atoms with Crippen LogP contribution < -0.4 is 10.9 Å². The molecule has 0 amide bonds. The van der Waals surface area contributed by atoms with Gasteiger partial charge < -0.3 is 10.4 Å². The number of nitrogens with one attached hydrogen (secondary N) is 1. The minimum atomic E-state index is -3.84. The van der Waals surface area contributed by atoms with Gasteiger partial charge in [0.05, 0.1) is 33.1 Å². The van der Waals surface area contributed by atoms with Crippen LogP contribution in [0.15, 0.2) is 75.8 Å². The number of hydrogen-bond donors (Lipinski definition) is 2. The third kappa shape index (κ3) is 3.93. The van der Waals surface area contributed by atoms with E-state index in [2.05, 4.69) is 10.4 Å². The molecule has 4 aromatic rings. The maximum Gasteiger partial charge on any atom is 0.280 e. The first-order chi connectivity index (χ1) is 16.2. The second-order valence-corrected chi connectivity index (χ2v) is 11.2. The molecule has 0 atom stereocenters. The van der Waals surface area contributed by atoms with Crippen LogP contribution in [0.1, 0.15) is 21.6 Å². The number of nitrogens with zero attached hydrogens (tertiary/aromatic N) is 2. The molecular weight excluding hydrogens is 470 g/mol. The minimum Gasteiger partial charge on any atom is -0.505 e. The summed E-state index contributed by atoms with van der Waals surface area (Å²) in [4.78, 5) is 15.3. The topological polar surface area (TPSA) is 101 Å². The molecule has 0 radical (unpaired) electrons. The second-order valence-electron chi connectivity index (χ2n) is 8.13. The van der Waals surface area contributed by atoms with Crippen LogP contribution in [0.4, 0.5) is 5.69 Å². The molecule has 0 unspecified atom stereocenters. The third-order valence-electron chi connectivity index (χ3n) is 5.53. The molecule has 0 saturated heterocycles. The van der Waals surface area contributed by atoms with Crippen molar-refractivity contribution in [3.63, 3.8) is 0 Å². The lowest BCUT2D eigenvalue weighted by Crippen LogP contribution is -2.29. The van der Waals surface area contributed by atoms with E-state index in [1.807, 2.05) is 49.4 Å². The van der Waals surface area contributed by atoms with Gasteiger partial charge in [0, 0.05) is 4.88 Å². The molecule has 9 heteroatoms. The summed E-state index contributed by atoms with van der Waals surface area (Å²) in [5.74, 6) is -0.360. The molecule has 1 aliphatic rings. The first-order valence-electron chi connectivity index (χ1n) is 10.5. The van der Waals surface area contributed by atoms with E-state index in [0.29, 0.717) is 10.6 Å². The van der Waals surface area contributed by atoms with E-state index >= 15 is 0 Å². The van der Waals surface area contributed by atoms with Gasteiger partial charge in [-0.05, 0) is 49.2 Å². The molecule has 34 heavy (non-hydrogen) atoms. The highest BCUT2D eigenvalue weighted by Crippen LogP contribution is 2.39. The molecule has 3 heterocycles. The molecule has 2 aromatic heterocycles. The van der Waals surface area contributed by atoms with Crippen LogP contribution in [-0.4, -0.2) is 23.3 Å². The van der Waals surface area contributed by atoms with Crippen molar-refractivity contribution in [2.75, 3.05) is 5.32 Å². The van der Waals surface area contributed by atoms with Crippen LogP contribution in [0.5, 0.6) is 5.75 Å². The van der Waals surface area contributed by atoms with Crippen LogP contribution >= 0.6 is 11.3 Å². The molecule has 0 fully saturated rings. The number of fused-ring (bicyclic) bond motifs is 1. The van der Waals surface area contributed by atoms with E-state index in [-0.39, 0.29) is 34.1 Å². The summed E-state index contributed by atoms with van der Waals surface area (Å²) in [5.41, 5.74) is 1.50. The first kappa shape index (κ1) is 22.1. The normalized spacial score (nSPS) is 14.2. The van der Waals surface area contributed by atoms with E-state index in [1.54, 1.807) is 25.1 Å². The first-order valence-corrected chi connectivity index (χ1v) is 12.9. The Morgan fingerprint density at radius 3 is 2.53 bits per heavy atom. The van der Waals surface area contributed by atoms with Gasteiger partial charge in [0.25, 0.3) is 5.56 Å². The van der Waals surface area contributed by atoms with Crippen LogP contribution in [0.3, 0.4) is 0 Å². The van der Waals surface area contributed by atoms with Crippen molar-refractivity contribution in [3.8, 4) is 16.3 Å². The van der Waals surface area contributed by atoms with Gasteiger partial charge in [0.1, 0.15) is 11.3 Å². The van der Waals surface area contributed by atoms with Crippen LogP contribution in [0.25, 0.3) is 16.3 Å². The zero-order chi connectivity index (χ0) is 24.0. The standard InChI is InChI=1S/C25H21N3O4S2/c1-15-8-10-18-21(12-15)34(31,32)14-19(26-18)22-24(29)23(20-11-9-16(2)33-20)27-28(25(22)30)13-17-6-4-3-5-7-17/h3-12,14,26,29H,13H2,1-2H3. The van der Waals surface area contributed by atoms with E-state index in [1.165, 1.54) is 16.0 Å². The Labute approximate surface area is 200 Å². The van der Waals surface area contributed by atoms with Gasteiger partial charge in [0.2, 0.25) is 9.84 Å². The van der Waals surface area contributed by atoms with Gasteiger partial charge in [-0.2, -0.15) is 5.10 Å². The minimum absolute atomic E-state index is 0.0117. The highest BCUT2D eigenvalue weighted by Gasteiger charge is 2.29. The average molecular weight is 492 g/mol. The molecular formula is C25H21N3O4S2. The predicted molar refractivity (Wildman–Crippen MR) is 134 cm³/mol. The smallest absolute Gasteiger partial charge is 0.280 e. The molecule has 5 rings (SSSR count). The Morgan fingerprint density at radius 2 is 1.82 bits per heavy atom. The van der Waals surface area contributed by atoms with Crippen molar-refractivity contribution >= 4 is 32.6 Å². The predicted octanol–water partition coefficient (Wildman–Crippen LogP) is 4.54. The zero-order valence-electron chi connectivity index (χ0n) is 18.4. The van der Waals surface area contributed by atoms with Crippen molar-refractivity contribution in [2.45, 2.75) is 25.3 Å². The molecule has 1 aliphatic heterocycles. The van der Waals surface area contributed by atoms with Gasteiger partial charge in [-0.25, -0.2) is 13.1 Å². The number of sulfone groups is 1. The number of rotatable bonds is 4. The van der Waals surface area contributed by atoms with E-state index in [0.717, 1.165) is 21.4 Å². The summed E-state index contributed by atoms with van der Waals surface area (Å²) in [6, 6.07) is 18.1. The van der Waals surface area contributed by atoms with Crippen LogP contribution in [-0.2, 0) is 16.4 Å². The van der Waals surface area contributed by atoms with E-state index < -0.39 is 15.4 Å². The quantitative estimate of drug-likeness (QED) is 0.435. The second kappa shape index (κ2) is 8.27. The maximum absolute atomic E-state index is 13.5. The Balaban J connectivity index is 1.73. The average Bonchev–Trinajstić information content (AvgIpc) is 3.22. The number of aryl methyl sites for hydroxylation is 2. The van der Waals surface area contributed by atoms with Crippen LogP contribution in [0, 0.1) is 13.8 Å². The fourth-order valence-corrected chi connectivity index (χ4v) is 6.12. The summed E-state index contributed by atoms with van der Waals surface area (Å²) in [6.07, 6.45) is 0. The summed E-state index contributed by atoms with van der Waals surface area (Å²) in [6.45, 7) is 3.91. The van der Waals surface area contributed by atoms with Crippen molar-refractivity contribution in [3.05, 3.63) is 98.0 Å². The van der Waals surface area contributed by atoms with Gasteiger partial charge in [-0.3, -0.25) is 4.79 Å². The largest absolute Gasteiger partial charge is 0.505 e. The molecule has 2 aromatic carbocycles. The van der Waals surface area contributed by atoms with Gasteiger partial charge in [-0.15, -0.1) is 11.3 Å². The number of aromatic hydroxyl groups is 1. The van der Waals surface area contributed by atoms with E-state index in [9.17, 15) is 18.3 Å². The lowest BCUT2D eigenvalue weighted by molar-refractivity contribution is 0.463. The molecule has 172 valence electrons. The fourth-order valence-electron chi connectivity index (χ4n) is 3.88. The lowest BCUT2D eigenvalue weighted by Gasteiger charge is -2.21. The van der Waals surface area contributed by atoms with Crippen molar-refractivity contribution in [1.29, 1.82) is 0 Å².